The Bertz CT molecular complexity index is 179. The highest BCUT2D eigenvalue weighted by molar-refractivity contribution is 6.39. The van der Waals surface area contributed by atoms with Crippen LogP contribution in [0, 0.1) is 5.21 Å². The summed E-state index contributed by atoms with van der Waals surface area (Å²) in [7, 11) is 5.65. The SMILES string of the molecule is C/C(=N\[O-])C(=O)C[N+](C)(C)C. The van der Waals surface area contributed by atoms with E-state index in [0.717, 1.165) is 0 Å². The number of ketones is 1. The molecular formula is C7H14N2O2. The van der Waals surface area contributed by atoms with Gasteiger partial charge in [-0.3, -0.25) is 4.79 Å². The Morgan fingerprint density at radius 3 is 2.18 bits per heavy atom. The second-order valence-electron chi connectivity index (χ2n) is 3.55. The van der Waals surface area contributed by atoms with Crippen LogP contribution in [-0.2, 0) is 4.79 Å². The first-order chi connectivity index (χ1) is 4.87. The number of carbonyl (C=O) groups excluding carboxylic acids is 1. The largest absolute Gasteiger partial charge is 0.792 e. The van der Waals surface area contributed by atoms with Crippen molar-refractivity contribution in [1.82, 2.24) is 0 Å². The third kappa shape index (κ3) is 4.50. The molecule has 0 spiro atoms. The Balaban J connectivity index is 4.10. The molecule has 0 bridgehead atoms. The van der Waals surface area contributed by atoms with Gasteiger partial charge in [-0.05, 0) is 6.92 Å². The predicted molar refractivity (Wildman–Crippen MR) is 44.4 cm³/mol. The van der Waals surface area contributed by atoms with E-state index in [1.54, 1.807) is 0 Å². The van der Waals surface area contributed by atoms with Gasteiger partial charge in [0.05, 0.1) is 26.9 Å². The average molecular weight is 158 g/mol. The lowest BCUT2D eigenvalue weighted by Crippen LogP contribution is -2.41. The summed E-state index contributed by atoms with van der Waals surface area (Å²) in [5.41, 5.74) is 0.0538. The van der Waals surface area contributed by atoms with Gasteiger partial charge in [-0.25, -0.2) is 0 Å². The molecule has 0 N–H and O–H groups in total. The van der Waals surface area contributed by atoms with E-state index in [4.69, 9.17) is 0 Å². The fourth-order valence-corrected chi connectivity index (χ4v) is 0.596. The summed E-state index contributed by atoms with van der Waals surface area (Å²) in [6, 6.07) is 0. The zero-order chi connectivity index (χ0) is 9.07. The lowest BCUT2D eigenvalue weighted by molar-refractivity contribution is -0.861. The molecule has 0 aromatic rings. The van der Waals surface area contributed by atoms with Gasteiger partial charge in [0.2, 0.25) is 5.78 Å². The minimum absolute atomic E-state index is 0.0538. The fraction of sp³-hybridized carbons (Fsp3) is 0.714. The summed E-state index contributed by atoms with van der Waals surface area (Å²) >= 11 is 0. The van der Waals surface area contributed by atoms with Crippen molar-refractivity contribution in [1.29, 1.82) is 0 Å². The Morgan fingerprint density at radius 1 is 1.45 bits per heavy atom. The number of quaternary nitrogens is 1. The molecule has 0 aliphatic rings. The fourth-order valence-electron chi connectivity index (χ4n) is 0.596. The molecule has 0 aliphatic heterocycles. The first-order valence-corrected chi connectivity index (χ1v) is 3.37. The van der Waals surface area contributed by atoms with Gasteiger partial charge in [-0.1, -0.05) is 0 Å². The lowest BCUT2D eigenvalue weighted by Gasteiger charge is -2.22. The van der Waals surface area contributed by atoms with Crippen molar-refractivity contribution in [3.05, 3.63) is 5.21 Å². The molecule has 0 unspecified atom stereocenters. The highest BCUT2D eigenvalue weighted by Crippen LogP contribution is 1.91. The number of likely N-dealkylation sites (N-methyl/N-ethyl adjacent to an activating group) is 1. The Kier molecular flexibility index (Phi) is 3.19. The van der Waals surface area contributed by atoms with Crippen molar-refractivity contribution in [3.8, 4) is 0 Å². The van der Waals surface area contributed by atoms with E-state index in [2.05, 4.69) is 5.16 Å². The average Bonchev–Trinajstić information content (AvgIpc) is 1.82. The molecule has 4 heteroatoms. The lowest BCUT2D eigenvalue weighted by atomic mass is 10.2. The zero-order valence-corrected chi connectivity index (χ0v) is 7.42. The van der Waals surface area contributed by atoms with Crippen LogP contribution in [0.25, 0.3) is 0 Å². The maximum atomic E-state index is 11.0. The van der Waals surface area contributed by atoms with Crippen LogP contribution in [0.15, 0.2) is 5.16 Å². The molecular weight excluding hydrogens is 144 g/mol. The van der Waals surface area contributed by atoms with Crippen LogP contribution in [0.3, 0.4) is 0 Å². The Labute approximate surface area is 66.7 Å². The van der Waals surface area contributed by atoms with Crippen LogP contribution in [0.5, 0.6) is 0 Å². The van der Waals surface area contributed by atoms with Crippen LogP contribution in [-0.4, -0.2) is 43.7 Å². The van der Waals surface area contributed by atoms with Crippen LogP contribution >= 0.6 is 0 Å². The number of nitrogens with zero attached hydrogens (tertiary/aromatic N) is 2. The van der Waals surface area contributed by atoms with Gasteiger partial charge in [-0.2, -0.15) is 0 Å². The number of hydrogen-bond donors (Lipinski definition) is 0. The quantitative estimate of drug-likeness (QED) is 0.335. The Morgan fingerprint density at radius 2 is 1.91 bits per heavy atom. The first kappa shape index (κ1) is 10.1. The molecule has 0 aromatic heterocycles. The molecule has 0 fully saturated rings. The van der Waals surface area contributed by atoms with Gasteiger partial charge in [0.1, 0.15) is 6.54 Å². The van der Waals surface area contributed by atoms with Crippen LogP contribution < -0.4 is 0 Å². The molecule has 0 atom stereocenters. The molecule has 0 rings (SSSR count). The monoisotopic (exact) mass is 158 g/mol. The molecule has 0 aliphatic carbocycles. The molecule has 0 amide bonds. The van der Waals surface area contributed by atoms with Gasteiger partial charge in [0.25, 0.3) is 0 Å². The highest BCUT2D eigenvalue weighted by Gasteiger charge is 2.15. The van der Waals surface area contributed by atoms with Crippen molar-refractivity contribution in [2.75, 3.05) is 27.7 Å². The Hall–Kier alpha value is -0.900. The van der Waals surface area contributed by atoms with Crippen molar-refractivity contribution in [2.45, 2.75) is 6.92 Å². The maximum absolute atomic E-state index is 11.0. The van der Waals surface area contributed by atoms with Crippen molar-refractivity contribution in [3.63, 3.8) is 0 Å². The minimum atomic E-state index is -0.187. The van der Waals surface area contributed by atoms with Gasteiger partial charge in [-0.15, -0.1) is 0 Å². The van der Waals surface area contributed by atoms with E-state index in [0.29, 0.717) is 11.0 Å². The van der Waals surface area contributed by atoms with Gasteiger partial charge in [0, 0.05) is 0 Å². The van der Waals surface area contributed by atoms with E-state index in [1.165, 1.54) is 6.92 Å². The van der Waals surface area contributed by atoms with Crippen molar-refractivity contribution in [2.24, 2.45) is 5.16 Å². The summed E-state index contributed by atoms with van der Waals surface area (Å²) in [4.78, 5) is 11.0. The summed E-state index contributed by atoms with van der Waals surface area (Å²) < 4.78 is 0.520. The predicted octanol–water partition coefficient (Wildman–Crippen LogP) is 0.220. The normalized spacial score (nSPS) is 13.3. The van der Waals surface area contributed by atoms with Gasteiger partial charge in [0.15, 0.2) is 0 Å². The van der Waals surface area contributed by atoms with Crippen LogP contribution in [0.4, 0.5) is 0 Å². The van der Waals surface area contributed by atoms with Crippen LogP contribution in [0.2, 0.25) is 0 Å². The number of rotatable bonds is 3. The summed E-state index contributed by atoms with van der Waals surface area (Å²) in [6.07, 6.45) is 0. The van der Waals surface area contributed by atoms with Gasteiger partial charge < -0.3 is 14.8 Å². The minimum Gasteiger partial charge on any atom is -0.792 e. The smallest absolute Gasteiger partial charge is 0.229 e. The van der Waals surface area contributed by atoms with E-state index in [-0.39, 0.29) is 11.5 Å². The van der Waals surface area contributed by atoms with E-state index in [1.807, 2.05) is 21.1 Å². The first-order valence-electron chi connectivity index (χ1n) is 3.37. The highest BCUT2D eigenvalue weighted by atomic mass is 16.4. The van der Waals surface area contributed by atoms with Gasteiger partial charge >= 0.3 is 0 Å². The number of hydrogen-bond acceptors (Lipinski definition) is 3. The third-order valence-corrected chi connectivity index (χ3v) is 1.16. The van der Waals surface area contributed by atoms with Crippen LogP contribution in [0.1, 0.15) is 6.92 Å². The molecule has 0 radical (unpaired) electrons. The summed E-state index contributed by atoms with van der Waals surface area (Å²) in [5, 5.41) is 12.5. The van der Waals surface area contributed by atoms with E-state index >= 15 is 0 Å². The second-order valence-corrected chi connectivity index (χ2v) is 3.55. The van der Waals surface area contributed by atoms with Crippen molar-refractivity contribution < 1.29 is 9.28 Å². The number of carbonyl (C=O) groups is 1. The number of Topliss-reactive ketones (excluding diaryl/α,β-unsaturated/α-hetero) is 1. The summed E-state index contributed by atoms with van der Waals surface area (Å²) in [5.74, 6) is -0.187. The van der Waals surface area contributed by atoms with E-state index < -0.39 is 0 Å². The molecule has 11 heavy (non-hydrogen) atoms. The third-order valence-electron chi connectivity index (χ3n) is 1.16. The van der Waals surface area contributed by atoms with E-state index in [9.17, 15) is 10.0 Å². The molecule has 4 nitrogen and oxygen atoms in total. The molecule has 0 saturated carbocycles. The topological polar surface area (TPSA) is 52.5 Å². The maximum Gasteiger partial charge on any atom is 0.229 e. The standard InChI is InChI=1S/C7H14N2O2/c1-6(8-11)7(10)5-9(2,3)4/h5H2,1-4H3. The molecule has 0 heterocycles. The molecule has 0 saturated heterocycles. The molecule has 0 aromatic carbocycles. The summed E-state index contributed by atoms with van der Waals surface area (Å²) in [6.45, 7) is 1.75. The second kappa shape index (κ2) is 3.48. The van der Waals surface area contributed by atoms with Crippen molar-refractivity contribution >= 4 is 11.5 Å². The zero-order valence-electron chi connectivity index (χ0n) is 7.42. The molecule has 64 valence electrons.